The van der Waals surface area contributed by atoms with E-state index in [-0.39, 0.29) is 0 Å². The van der Waals surface area contributed by atoms with Crippen LogP contribution >= 0.6 is 24.4 Å². The van der Waals surface area contributed by atoms with E-state index in [0.717, 1.165) is 0 Å². The van der Waals surface area contributed by atoms with E-state index in [0.29, 0.717) is 0 Å². The minimum Gasteiger partial charge on any atom is -0.388 e. The molecule has 0 aliphatic carbocycles. The molecule has 0 heterocycles. The van der Waals surface area contributed by atoms with Gasteiger partial charge in [0.1, 0.15) is 0 Å². The monoisotopic (exact) mass is 222 g/mol. The Hall–Kier alpha value is 1.05. The molecule has 4 N–H and O–H groups in total. The molecule has 0 bridgehead atoms. The summed E-state index contributed by atoms with van der Waals surface area (Å²) < 4.78 is 0. The molecule has 0 aliphatic heterocycles. The Balaban J connectivity index is 5.04. The summed E-state index contributed by atoms with van der Waals surface area (Å²) in [6, 6.07) is 0. The van der Waals surface area contributed by atoms with Crippen LogP contribution < -0.4 is 0 Å². The van der Waals surface area contributed by atoms with Crippen LogP contribution in [0, 0.1) is 0 Å². The summed E-state index contributed by atoms with van der Waals surface area (Å²) in [4.78, 5) is 0. The SMILES string of the molecule is OCS(P)(P)(CO)(CO)CO. The molecule has 4 nitrogen and oxygen atoms in total. The first-order valence-electron chi connectivity index (χ1n) is 2.89. The van der Waals surface area contributed by atoms with Crippen LogP contribution in [0.15, 0.2) is 0 Å². The fourth-order valence-electron chi connectivity index (χ4n) is 0.245. The van der Waals surface area contributed by atoms with Gasteiger partial charge in [0.15, 0.2) is 0 Å². The fourth-order valence-corrected chi connectivity index (χ4v) is 0.735. The molecule has 0 aromatic rings. The maximum Gasteiger partial charge on any atom is 0.0729 e. The lowest BCUT2D eigenvalue weighted by atomic mass is 11.6. The van der Waals surface area contributed by atoms with Crippen LogP contribution in [0.4, 0.5) is 0 Å². The zero-order valence-corrected chi connectivity index (χ0v) is 9.31. The quantitative estimate of drug-likeness (QED) is 0.471. The molecule has 72 valence electrons. The van der Waals surface area contributed by atoms with Crippen LogP contribution in [0.25, 0.3) is 0 Å². The van der Waals surface area contributed by atoms with E-state index in [1.54, 1.807) is 0 Å². The van der Waals surface area contributed by atoms with Crippen LogP contribution in [-0.2, 0) is 0 Å². The Kier molecular flexibility index (Phi) is 3.04. The highest BCUT2D eigenvalue weighted by Gasteiger charge is 2.51. The van der Waals surface area contributed by atoms with Gasteiger partial charge in [-0.15, -0.1) is 0 Å². The van der Waals surface area contributed by atoms with E-state index < -0.39 is 31.3 Å². The zero-order chi connectivity index (χ0) is 9.24. The summed E-state index contributed by atoms with van der Waals surface area (Å²) in [5, 5.41) is 36.1. The molecule has 0 spiro atoms. The van der Waals surface area contributed by atoms with Crippen molar-refractivity contribution in [1.82, 2.24) is 0 Å². The maximum absolute atomic E-state index is 9.03. The predicted octanol–water partition coefficient (Wildman–Crippen LogP) is -0.758. The van der Waals surface area contributed by atoms with Crippen molar-refractivity contribution in [2.75, 3.05) is 23.8 Å². The molecule has 0 aliphatic rings. The first-order valence-corrected chi connectivity index (χ1v) is 8.97. The first-order chi connectivity index (χ1) is 4.80. The summed E-state index contributed by atoms with van der Waals surface area (Å²) in [6.45, 7) is 0. The molecular formula is C4H16O4P2S. The van der Waals surface area contributed by atoms with Crippen molar-refractivity contribution in [3.8, 4) is 0 Å². The van der Waals surface area contributed by atoms with Crippen LogP contribution in [0.2, 0.25) is 0 Å². The minimum atomic E-state index is -3.53. The van der Waals surface area contributed by atoms with Gasteiger partial charge in [-0.1, -0.05) is 16.9 Å². The lowest BCUT2D eigenvalue weighted by molar-refractivity contribution is 0.295. The second-order valence-corrected chi connectivity index (χ2v) is 20.9. The fraction of sp³-hybridized carbons (Fsp3) is 1.00. The topological polar surface area (TPSA) is 80.9 Å². The highest BCUT2D eigenvalue weighted by atomic mass is 33.2. The average molecular weight is 222 g/mol. The van der Waals surface area contributed by atoms with Crippen molar-refractivity contribution in [1.29, 1.82) is 0 Å². The third-order valence-corrected chi connectivity index (χ3v) is 8.65. The number of rotatable bonds is 4. The van der Waals surface area contributed by atoms with Gasteiger partial charge in [0.25, 0.3) is 0 Å². The van der Waals surface area contributed by atoms with Crippen molar-refractivity contribution in [2.45, 2.75) is 0 Å². The predicted molar refractivity (Wildman–Crippen MR) is 55.4 cm³/mol. The highest BCUT2D eigenvalue weighted by Crippen LogP contribution is 2.98. The van der Waals surface area contributed by atoms with Gasteiger partial charge >= 0.3 is 0 Å². The third kappa shape index (κ3) is 2.04. The normalized spacial score (nSPS) is 19.1. The number of hydrogen-bond acceptors (Lipinski definition) is 4. The minimum absolute atomic E-state index is 0.432. The van der Waals surface area contributed by atoms with E-state index in [1.165, 1.54) is 0 Å². The number of aliphatic hydroxyl groups is 4. The molecule has 0 fully saturated rings. The lowest BCUT2D eigenvalue weighted by Gasteiger charge is -2.68. The van der Waals surface area contributed by atoms with Crippen LogP contribution in [-0.4, -0.2) is 44.2 Å². The largest absolute Gasteiger partial charge is 0.388 e. The standard InChI is InChI=1S/C4H16O4P2S/c5-1-11(9,10,2-6,3-7)4-8/h5-8H,1-4,9-10H2. The van der Waals surface area contributed by atoms with E-state index in [1.807, 2.05) is 0 Å². The van der Waals surface area contributed by atoms with Crippen molar-refractivity contribution in [2.24, 2.45) is 0 Å². The second-order valence-electron chi connectivity index (χ2n) is 3.21. The molecule has 0 radical (unpaired) electrons. The van der Waals surface area contributed by atoms with Gasteiger partial charge in [-0.2, -0.15) is 7.53 Å². The summed E-state index contributed by atoms with van der Waals surface area (Å²) in [6.07, 6.45) is 0. The summed E-state index contributed by atoms with van der Waals surface area (Å²) in [5.74, 6) is -1.73. The Morgan fingerprint density at radius 1 is 0.727 bits per heavy atom. The summed E-state index contributed by atoms with van der Waals surface area (Å²) >= 11 is 0. The van der Waals surface area contributed by atoms with Gasteiger partial charge in [0.2, 0.25) is 0 Å². The van der Waals surface area contributed by atoms with Gasteiger partial charge in [0, 0.05) is 0 Å². The summed E-state index contributed by atoms with van der Waals surface area (Å²) in [5.41, 5.74) is 0. The molecule has 7 heteroatoms. The van der Waals surface area contributed by atoms with Crippen molar-refractivity contribution in [3.05, 3.63) is 0 Å². The molecular weight excluding hydrogens is 206 g/mol. The van der Waals surface area contributed by atoms with Gasteiger partial charge in [0.05, 0.1) is 23.8 Å². The Labute approximate surface area is 69.2 Å². The molecule has 0 amide bonds. The molecule has 0 rings (SSSR count). The molecule has 2 atom stereocenters. The maximum atomic E-state index is 9.03. The van der Waals surface area contributed by atoms with E-state index in [2.05, 4.69) is 16.9 Å². The van der Waals surface area contributed by atoms with E-state index in [9.17, 15) is 0 Å². The zero-order valence-electron chi connectivity index (χ0n) is 6.18. The van der Waals surface area contributed by atoms with Crippen LogP contribution in [0.3, 0.4) is 0 Å². The van der Waals surface area contributed by atoms with E-state index in [4.69, 9.17) is 20.4 Å². The first kappa shape index (κ1) is 12.0. The van der Waals surface area contributed by atoms with Gasteiger partial charge in [-0.3, -0.25) is 0 Å². The van der Waals surface area contributed by atoms with Crippen molar-refractivity contribution >= 4 is 24.4 Å². The second kappa shape index (κ2) is 2.78. The van der Waals surface area contributed by atoms with E-state index >= 15 is 0 Å². The molecule has 0 saturated carbocycles. The molecule has 0 aromatic carbocycles. The highest BCUT2D eigenvalue weighted by molar-refractivity contribution is 9.13. The molecule has 0 saturated heterocycles. The molecule has 0 aromatic heterocycles. The molecule has 2 unspecified atom stereocenters. The van der Waals surface area contributed by atoms with Gasteiger partial charge in [-0.05, 0) is 0 Å². The van der Waals surface area contributed by atoms with Gasteiger partial charge < -0.3 is 20.4 Å². The lowest BCUT2D eigenvalue weighted by Crippen LogP contribution is -2.36. The van der Waals surface area contributed by atoms with Gasteiger partial charge in [-0.25, -0.2) is 0 Å². The van der Waals surface area contributed by atoms with Crippen molar-refractivity contribution < 1.29 is 20.4 Å². The third-order valence-electron chi connectivity index (χ3n) is 1.69. The summed E-state index contributed by atoms with van der Waals surface area (Å²) in [7, 11) is 0.901. The van der Waals surface area contributed by atoms with Crippen LogP contribution in [0.5, 0.6) is 0 Å². The smallest absolute Gasteiger partial charge is 0.0729 e. The Morgan fingerprint density at radius 3 is 0.909 bits per heavy atom. The van der Waals surface area contributed by atoms with Crippen molar-refractivity contribution in [3.63, 3.8) is 0 Å². The number of hydrogen-bond donors (Lipinski definition) is 4. The van der Waals surface area contributed by atoms with Crippen LogP contribution in [0.1, 0.15) is 0 Å². The Bertz CT molecular complexity index is 134. The Morgan fingerprint density at radius 2 is 0.909 bits per heavy atom. The molecule has 11 heavy (non-hydrogen) atoms. The average Bonchev–Trinajstić information content (AvgIpc) is 2.07. The number of aliphatic hydroxyl groups excluding tert-OH is 4.